The van der Waals surface area contributed by atoms with Crippen LogP contribution in [0.4, 0.5) is 4.39 Å². The van der Waals surface area contributed by atoms with Crippen molar-refractivity contribution in [2.75, 3.05) is 33.4 Å². The molecule has 1 N–H and O–H groups in total. The molecule has 2 rings (SSSR count). The molecule has 1 heterocycles. The van der Waals surface area contributed by atoms with E-state index in [1.54, 1.807) is 13.8 Å². The molecule has 0 aliphatic rings. The Kier molecular flexibility index (Phi) is 8.29. The topological polar surface area (TPSA) is 88.7 Å². The van der Waals surface area contributed by atoms with Gasteiger partial charge in [-0.15, -0.1) is 0 Å². The van der Waals surface area contributed by atoms with Gasteiger partial charge in [-0.2, -0.15) is 0 Å². The Morgan fingerprint density at radius 3 is 2.57 bits per heavy atom. The standard InChI is InChI=1S/C22H27FN2O5/c1-5-30-11-7-10-25(21(27)16-8-6-9-17(23)12-16)13-18(26)19-14(2)20(22(28)29-4)24-15(19)3/h6,8-9,12,24H,5,7,10-11,13H2,1-4H3. The number of halogens is 1. The van der Waals surface area contributed by atoms with Gasteiger partial charge in [-0.3, -0.25) is 9.59 Å². The summed E-state index contributed by atoms with van der Waals surface area (Å²) in [6.45, 7) is 6.25. The van der Waals surface area contributed by atoms with Crippen molar-refractivity contribution in [3.63, 3.8) is 0 Å². The highest BCUT2D eigenvalue weighted by Gasteiger charge is 2.26. The molecule has 30 heavy (non-hydrogen) atoms. The highest BCUT2D eigenvalue weighted by atomic mass is 19.1. The lowest BCUT2D eigenvalue weighted by Crippen LogP contribution is -2.37. The van der Waals surface area contributed by atoms with Crippen molar-refractivity contribution in [3.8, 4) is 0 Å². The molecule has 0 atom stereocenters. The lowest BCUT2D eigenvalue weighted by atomic mass is 10.0. The number of aromatic nitrogens is 1. The zero-order chi connectivity index (χ0) is 22.3. The number of H-pyrrole nitrogens is 1. The van der Waals surface area contributed by atoms with Crippen LogP contribution < -0.4 is 0 Å². The average Bonchev–Trinajstić information content (AvgIpc) is 3.03. The molecule has 0 aliphatic heterocycles. The first-order valence-corrected chi connectivity index (χ1v) is 9.73. The van der Waals surface area contributed by atoms with Crippen molar-refractivity contribution < 1.29 is 28.2 Å². The Morgan fingerprint density at radius 2 is 1.93 bits per heavy atom. The molecule has 0 bridgehead atoms. The van der Waals surface area contributed by atoms with E-state index in [9.17, 15) is 18.8 Å². The van der Waals surface area contributed by atoms with E-state index in [4.69, 9.17) is 9.47 Å². The first kappa shape index (κ1) is 23.3. The summed E-state index contributed by atoms with van der Waals surface area (Å²) >= 11 is 0. The Labute approximate surface area is 175 Å². The van der Waals surface area contributed by atoms with E-state index in [0.717, 1.165) is 6.07 Å². The minimum atomic E-state index is -0.570. The minimum absolute atomic E-state index is 0.164. The number of ketones is 1. The zero-order valence-electron chi connectivity index (χ0n) is 17.7. The SMILES string of the molecule is CCOCCCN(CC(=O)c1c(C)[nH]c(C(=O)OC)c1C)C(=O)c1cccc(F)c1. The number of carbonyl (C=O) groups excluding carboxylic acids is 3. The average molecular weight is 418 g/mol. The van der Waals surface area contributed by atoms with Gasteiger partial charge in [-0.05, 0) is 51.0 Å². The highest BCUT2D eigenvalue weighted by molar-refractivity contribution is 6.05. The third-order valence-electron chi connectivity index (χ3n) is 4.72. The number of amides is 1. The van der Waals surface area contributed by atoms with E-state index in [-0.39, 0.29) is 30.1 Å². The second-order valence-electron chi connectivity index (χ2n) is 6.83. The quantitative estimate of drug-likeness (QED) is 0.363. The van der Waals surface area contributed by atoms with Gasteiger partial charge in [0, 0.05) is 36.6 Å². The van der Waals surface area contributed by atoms with Gasteiger partial charge in [0.15, 0.2) is 5.78 Å². The van der Waals surface area contributed by atoms with Gasteiger partial charge in [0.1, 0.15) is 11.5 Å². The van der Waals surface area contributed by atoms with Crippen molar-refractivity contribution in [2.45, 2.75) is 27.2 Å². The summed E-state index contributed by atoms with van der Waals surface area (Å²) in [5, 5.41) is 0. The number of hydrogen-bond acceptors (Lipinski definition) is 5. The smallest absolute Gasteiger partial charge is 0.354 e. The molecule has 162 valence electrons. The summed E-state index contributed by atoms with van der Waals surface area (Å²) in [5.41, 5.74) is 1.70. The molecular weight excluding hydrogens is 391 g/mol. The normalized spacial score (nSPS) is 10.7. The molecular formula is C22H27FN2O5. The fourth-order valence-electron chi connectivity index (χ4n) is 3.29. The number of aromatic amines is 1. The number of hydrogen-bond donors (Lipinski definition) is 1. The molecule has 0 fully saturated rings. The van der Waals surface area contributed by atoms with Crippen molar-refractivity contribution >= 4 is 17.7 Å². The Bertz CT molecular complexity index is 922. The molecule has 0 aliphatic carbocycles. The van der Waals surface area contributed by atoms with Gasteiger partial charge >= 0.3 is 5.97 Å². The van der Waals surface area contributed by atoms with Gasteiger partial charge in [0.05, 0.1) is 13.7 Å². The number of methoxy groups -OCH3 is 1. The number of rotatable bonds is 10. The van der Waals surface area contributed by atoms with Crippen LogP contribution in [0.2, 0.25) is 0 Å². The van der Waals surface area contributed by atoms with Gasteiger partial charge in [0.2, 0.25) is 0 Å². The van der Waals surface area contributed by atoms with E-state index in [1.165, 1.54) is 30.2 Å². The Balaban J connectivity index is 2.27. The summed E-state index contributed by atoms with van der Waals surface area (Å²) in [7, 11) is 1.26. The van der Waals surface area contributed by atoms with E-state index in [0.29, 0.717) is 36.5 Å². The molecule has 1 aromatic carbocycles. The number of ether oxygens (including phenoxy) is 2. The first-order chi connectivity index (χ1) is 14.3. The van der Waals surface area contributed by atoms with Crippen molar-refractivity contribution in [3.05, 3.63) is 58.2 Å². The van der Waals surface area contributed by atoms with E-state index >= 15 is 0 Å². The molecule has 2 aromatic rings. The van der Waals surface area contributed by atoms with Crippen LogP contribution in [0.1, 0.15) is 55.8 Å². The van der Waals surface area contributed by atoms with Crippen LogP contribution in [-0.2, 0) is 9.47 Å². The zero-order valence-corrected chi connectivity index (χ0v) is 17.7. The number of carbonyl (C=O) groups is 3. The summed E-state index contributed by atoms with van der Waals surface area (Å²) in [5.74, 6) is -1.86. The van der Waals surface area contributed by atoms with Crippen LogP contribution in [0.15, 0.2) is 24.3 Å². The van der Waals surface area contributed by atoms with Gasteiger partial charge in [0.25, 0.3) is 5.91 Å². The van der Waals surface area contributed by atoms with Crippen molar-refractivity contribution in [1.29, 1.82) is 0 Å². The van der Waals surface area contributed by atoms with Crippen LogP contribution in [0.5, 0.6) is 0 Å². The Morgan fingerprint density at radius 1 is 1.20 bits per heavy atom. The van der Waals surface area contributed by atoms with E-state index in [1.807, 2.05) is 6.92 Å². The molecule has 1 aromatic heterocycles. The number of nitrogens with zero attached hydrogens (tertiary/aromatic N) is 1. The maximum absolute atomic E-state index is 13.6. The fraction of sp³-hybridized carbons (Fsp3) is 0.409. The van der Waals surface area contributed by atoms with Gasteiger partial charge in [-0.25, -0.2) is 9.18 Å². The lowest BCUT2D eigenvalue weighted by molar-refractivity contribution is 0.0593. The number of nitrogens with one attached hydrogen (secondary N) is 1. The van der Waals surface area contributed by atoms with Crippen LogP contribution in [0.25, 0.3) is 0 Å². The molecule has 7 nitrogen and oxygen atoms in total. The van der Waals surface area contributed by atoms with Crippen molar-refractivity contribution in [1.82, 2.24) is 9.88 Å². The minimum Gasteiger partial charge on any atom is -0.464 e. The first-order valence-electron chi connectivity index (χ1n) is 9.73. The maximum atomic E-state index is 13.6. The molecule has 0 saturated heterocycles. The second-order valence-corrected chi connectivity index (χ2v) is 6.83. The summed E-state index contributed by atoms with van der Waals surface area (Å²) in [4.78, 5) is 42.1. The van der Waals surface area contributed by atoms with E-state index in [2.05, 4.69) is 4.98 Å². The van der Waals surface area contributed by atoms with Crippen LogP contribution in [0.3, 0.4) is 0 Å². The molecule has 1 amide bonds. The van der Waals surface area contributed by atoms with Crippen LogP contribution in [0, 0.1) is 19.7 Å². The number of Topliss-reactive ketones (excluding diaryl/α,β-unsaturated/α-hetero) is 1. The fourth-order valence-corrected chi connectivity index (χ4v) is 3.29. The predicted molar refractivity (Wildman–Crippen MR) is 109 cm³/mol. The van der Waals surface area contributed by atoms with Crippen LogP contribution in [-0.4, -0.2) is 61.0 Å². The molecule has 0 saturated carbocycles. The second kappa shape index (κ2) is 10.7. The number of aryl methyl sites for hydroxylation is 1. The molecule has 0 radical (unpaired) electrons. The third-order valence-corrected chi connectivity index (χ3v) is 4.72. The number of esters is 1. The summed E-state index contributed by atoms with van der Waals surface area (Å²) in [6.07, 6.45) is 0.528. The van der Waals surface area contributed by atoms with E-state index < -0.39 is 17.7 Å². The maximum Gasteiger partial charge on any atom is 0.354 e. The third kappa shape index (κ3) is 5.54. The van der Waals surface area contributed by atoms with Crippen LogP contribution >= 0.6 is 0 Å². The molecule has 0 spiro atoms. The number of benzene rings is 1. The van der Waals surface area contributed by atoms with Crippen molar-refractivity contribution in [2.24, 2.45) is 0 Å². The van der Waals surface area contributed by atoms with Gasteiger partial charge in [-0.1, -0.05) is 6.07 Å². The largest absolute Gasteiger partial charge is 0.464 e. The monoisotopic (exact) mass is 418 g/mol. The van der Waals surface area contributed by atoms with Gasteiger partial charge < -0.3 is 19.4 Å². The molecule has 0 unspecified atom stereocenters. The predicted octanol–water partition coefficient (Wildman–Crippen LogP) is 3.31. The Hall–Kier alpha value is -3.00. The summed E-state index contributed by atoms with van der Waals surface area (Å²) in [6, 6.07) is 5.35. The summed E-state index contributed by atoms with van der Waals surface area (Å²) < 4.78 is 23.6. The lowest BCUT2D eigenvalue weighted by Gasteiger charge is -2.22. The molecule has 8 heteroatoms. The highest BCUT2D eigenvalue weighted by Crippen LogP contribution is 2.20.